The summed E-state index contributed by atoms with van der Waals surface area (Å²) in [7, 11) is 0. The molecule has 3 aromatic rings. The van der Waals surface area contributed by atoms with E-state index in [4.69, 9.17) is 0 Å². The van der Waals surface area contributed by atoms with E-state index < -0.39 is 0 Å². The van der Waals surface area contributed by atoms with Gasteiger partial charge in [-0.25, -0.2) is 4.98 Å². The molecule has 4 heteroatoms. The number of carbonyl (C=O) groups is 1. The van der Waals surface area contributed by atoms with Gasteiger partial charge >= 0.3 is 0 Å². The van der Waals surface area contributed by atoms with Crippen molar-refractivity contribution in [2.75, 3.05) is 13.1 Å². The average Bonchev–Trinajstić information content (AvgIpc) is 3.25. The van der Waals surface area contributed by atoms with Crippen LogP contribution in [0.25, 0.3) is 17.1 Å². The smallest absolute Gasteiger partial charge is 0.249 e. The zero-order valence-corrected chi connectivity index (χ0v) is 15.2. The number of amides is 1. The lowest BCUT2D eigenvalue weighted by Gasteiger charge is -2.19. The van der Waals surface area contributed by atoms with Gasteiger partial charge in [-0.05, 0) is 44.0 Å². The number of rotatable bonds is 3. The Hall–Kier alpha value is -2.88. The lowest BCUT2D eigenvalue weighted by molar-refractivity contribution is -0.126. The van der Waals surface area contributed by atoms with E-state index in [9.17, 15) is 4.79 Å². The fourth-order valence-electron chi connectivity index (χ4n) is 3.87. The number of aromatic nitrogens is 2. The summed E-state index contributed by atoms with van der Waals surface area (Å²) in [6.07, 6.45) is 2.93. The molecule has 2 heterocycles. The van der Waals surface area contributed by atoms with Crippen LogP contribution in [0.3, 0.4) is 0 Å². The molecule has 132 valence electrons. The summed E-state index contributed by atoms with van der Waals surface area (Å²) >= 11 is 0. The minimum absolute atomic E-state index is 0.124. The van der Waals surface area contributed by atoms with Crippen LogP contribution in [-0.2, 0) is 4.79 Å². The molecular weight excluding hydrogens is 322 g/mol. The first-order valence-electron chi connectivity index (χ1n) is 9.09. The standard InChI is InChI=1S/C22H23N3O/c1-16(14-18-8-4-3-5-9-18)22(26)24-13-12-19(15-24)25-17(2)23-20-10-6-7-11-21(20)25/h3-11,14,19H,12-13,15H2,1-2H3/b16-14+/t19-/m1/s1. The fraction of sp³-hybridized carbons (Fsp3) is 0.273. The molecule has 1 aromatic heterocycles. The highest BCUT2D eigenvalue weighted by atomic mass is 16.2. The Labute approximate surface area is 153 Å². The van der Waals surface area contributed by atoms with Gasteiger partial charge in [0.1, 0.15) is 5.82 Å². The summed E-state index contributed by atoms with van der Waals surface area (Å²) in [5.74, 6) is 1.14. The summed E-state index contributed by atoms with van der Waals surface area (Å²) in [5.41, 5.74) is 4.02. The highest BCUT2D eigenvalue weighted by molar-refractivity contribution is 5.97. The van der Waals surface area contributed by atoms with Gasteiger partial charge in [-0.15, -0.1) is 0 Å². The third-order valence-electron chi connectivity index (χ3n) is 5.11. The van der Waals surface area contributed by atoms with E-state index in [1.54, 1.807) is 0 Å². The van der Waals surface area contributed by atoms with Crippen molar-refractivity contribution in [1.29, 1.82) is 0 Å². The summed E-state index contributed by atoms with van der Waals surface area (Å²) in [6, 6.07) is 18.5. The Kier molecular flexibility index (Phi) is 4.33. The van der Waals surface area contributed by atoms with Crippen LogP contribution in [0.5, 0.6) is 0 Å². The van der Waals surface area contributed by atoms with Gasteiger partial charge in [0.05, 0.1) is 17.1 Å². The van der Waals surface area contributed by atoms with Gasteiger partial charge in [0, 0.05) is 18.7 Å². The summed E-state index contributed by atoms with van der Waals surface area (Å²) < 4.78 is 2.29. The molecule has 1 amide bonds. The van der Waals surface area contributed by atoms with Gasteiger partial charge in [-0.2, -0.15) is 0 Å². The van der Waals surface area contributed by atoms with E-state index in [2.05, 4.69) is 15.6 Å². The maximum Gasteiger partial charge on any atom is 0.249 e. The van der Waals surface area contributed by atoms with Crippen LogP contribution in [0.15, 0.2) is 60.2 Å². The van der Waals surface area contributed by atoms with Gasteiger partial charge < -0.3 is 9.47 Å². The second-order valence-corrected chi connectivity index (χ2v) is 6.95. The zero-order chi connectivity index (χ0) is 18.1. The zero-order valence-electron chi connectivity index (χ0n) is 15.2. The predicted octanol–water partition coefficient (Wildman–Crippen LogP) is 4.22. The number of aryl methyl sites for hydroxylation is 1. The number of imidazole rings is 1. The largest absolute Gasteiger partial charge is 0.337 e. The second kappa shape index (κ2) is 6.79. The number of para-hydroxylation sites is 2. The molecular formula is C22H23N3O. The summed E-state index contributed by atoms with van der Waals surface area (Å²) in [5, 5.41) is 0. The Morgan fingerprint density at radius 2 is 1.85 bits per heavy atom. The van der Waals surface area contributed by atoms with Crippen molar-refractivity contribution in [2.45, 2.75) is 26.3 Å². The predicted molar refractivity (Wildman–Crippen MR) is 105 cm³/mol. The first kappa shape index (κ1) is 16.6. The van der Waals surface area contributed by atoms with Gasteiger partial charge in [0.15, 0.2) is 0 Å². The maximum absolute atomic E-state index is 12.8. The highest BCUT2D eigenvalue weighted by Gasteiger charge is 2.29. The van der Waals surface area contributed by atoms with Crippen LogP contribution >= 0.6 is 0 Å². The number of hydrogen-bond acceptors (Lipinski definition) is 2. The number of hydrogen-bond donors (Lipinski definition) is 0. The van der Waals surface area contributed by atoms with Crippen LogP contribution < -0.4 is 0 Å². The highest BCUT2D eigenvalue weighted by Crippen LogP contribution is 2.28. The Balaban J connectivity index is 1.54. The van der Waals surface area contributed by atoms with E-state index in [0.717, 1.165) is 47.5 Å². The fourth-order valence-corrected chi connectivity index (χ4v) is 3.87. The topological polar surface area (TPSA) is 38.1 Å². The quantitative estimate of drug-likeness (QED) is 0.667. The Morgan fingerprint density at radius 3 is 2.65 bits per heavy atom. The molecule has 4 nitrogen and oxygen atoms in total. The molecule has 1 saturated heterocycles. The van der Waals surface area contributed by atoms with Crippen molar-refractivity contribution < 1.29 is 4.79 Å². The van der Waals surface area contributed by atoms with Crippen molar-refractivity contribution >= 4 is 23.0 Å². The molecule has 0 saturated carbocycles. The van der Waals surface area contributed by atoms with Crippen LogP contribution in [0.2, 0.25) is 0 Å². The molecule has 0 aliphatic carbocycles. The van der Waals surface area contributed by atoms with Crippen molar-refractivity contribution in [3.8, 4) is 0 Å². The number of fused-ring (bicyclic) bond motifs is 1. The van der Waals surface area contributed by atoms with Crippen LogP contribution in [0.4, 0.5) is 0 Å². The van der Waals surface area contributed by atoms with Crippen LogP contribution in [0.1, 0.15) is 30.8 Å². The van der Waals surface area contributed by atoms with Gasteiger partial charge in [0.25, 0.3) is 0 Å². The number of carbonyl (C=O) groups excluding carboxylic acids is 1. The molecule has 1 aliphatic heterocycles. The molecule has 26 heavy (non-hydrogen) atoms. The number of nitrogens with zero attached hydrogens (tertiary/aromatic N) is 3. The van der Waals surface area contributed by atoms with Crippen molar-refractivity contribution in [2.24, 2.45) is 0 Å². The molecule has 0 spiro atoms. The first-order chi connectivity index (χ1) is 12.6. The summed E-state index contributed by atoms with van der Waals surface area (Å²) in [4.78, 5) is 19.5. The SMILES string of the molecule is C/C(=C\c1ccccc1)C(=O)N1CC[C@@H](n2c(C)nc3ccccc32)C1. The number of likely N-dealkylation sites (tertiary alicyclic amines) is 1. The van der Waals surface area contributed by atoms with Crippen LogP contribution in [0, 0.1) is 6.92 Å². The molecule has 1 fully saturated rings. The van der Waals surface area contributed by atoms with Crippen molar-refractivity contribution in [3.63, 3.8) is 0 Å². The van der Waals surface area contributed by atoms with E-state index in [-0.39, 0.29) is 11.9 Å². The monoisotopic (exact) mass is 345 g/mol. The molecule has 0 bridgehead atoms. The average molecular weight is 345 g/mol. The van der Waals surface area contributed by atoms with Gasteiger partial charge in [-0.1, -0.05) is 42.5 Å². The molecule has 0 N–H and O–H groups in total. The molecule has 0 radical (unpaired) electrons. The normalized spacial score (nSPS) is 17.8. The molecule has 4 rings (SSSR count). The Bertz CT molecular complexity index is 971. The molecule has 1 aliphatic rings. The summed E-state index contributed by atoms with van der Waals surface area (Å²) in [6.45, 7) is 5.47. The molecule has 2 aromatic carbocycles. The van der Waals surface area contributed by atoms with E-state index in [1.165, 1.54) is 0 Å². The minimum Gasteiger partial charge on any atom is -0.337 e. The third kappa shape index (κ3) is 3.03. The number of benzene rings is 2. The van der Waals surface area contributed by atoms with Crippen LogP contribution in [-0.4, -0.2) is 33.4 Å². The van der Waals surface area contributed by atoms with E-state index >= 15 is 0 Å². The molecule has 1 atom stereocenters. The van der Waals surface area contributed by atoms with Gasteiger partial charge in [-0.3, -0.25) is 4.79 Å². The molecule has 0 unspecified atom stereocenters. The third-order valence-corrected chi connectivity index (χ3v) is 5.11. The van der Waals surface area contributed by atoms with Crippen molar-refractivity contribution in [1.82, 2.24) is 14.5 Å². The van der Waals surface area contributed by atoms with E-state index in [0.29, 0.717) is 0 Å². The van der Waals surface area contributed by atoms with Crippen molar-refractivity contribution in [3.05, 3.63) is 71.6 Å². The minimum atomic E-state index is 0.124. The first-order valence-corrected chi connectivity index (χ1v) is 9.09. The lowest BCUT2D eigenvalue weighted by atomic mass is 10.1. The maximum atomic E-state index is 12.8. The van der Waals surface area contributed by atoms with E-state index in [1.807, 2.05) is 73.4 Å². The van der Waals surface area contributed by atoms with Gasteiger partial charge in [0.2, 0.25) is 5.91 Å². The second-order valence-electron chi connectivity index (χ2n) is 6.95. The Morgan fingerprint density at radius 1 is 1.12 bits per heavy atom. The lowest BCUT2D eigenvalue weighted by Crippen LogP contribution is -2.29.